The number of thioether (sulfide) groups is 2. The number of Topliss-reactive ketones (excluding diaryl/α,β-unsaturated/α-hetero) is 1. The molecule has 1 atom stereocenters. The molecule has 0 bridgehead atoms. The second-order valence-electron chi connectivity index (χ2n) is 4.12. The predicted octanol–water partition coefficient (Wildman–Crippen LogP) is 2.01. The summed E-state index contributed by atoms with van der Waals surface area (Å²) in [5.41, 5.74) is 0. The van der Waals surface area contributed by atoms with Gasteiger partial charge in [0, 0.05) is 6.42 Å². The van der Waals surface area contributed by atoms with Crippen LogP contribution < -0.4 is 0 Å². The fourth-order valence-electron chi connectivity index (χ4n) is 1.80. The van der Waals surface area contributed by atoms with Crippen molar-refractivity contribution in [2.75, 3.05) is 18.1 Å². The lowest BCUT2D eigenvalue weighted by Crippen LogP contribution is -2.50. The summed E-state index contributed by atoms with van der Waals surface area (Å²) in [5.74, 6) is 0.714. The van der Waals surface area contributed by atoms with Crippen LogP contribution >= 0.6 is 23.5 Å². The van der Waals surface area contributed by atoms with Crippen molar-refractivity contribution in [1.82, 2.24) is 0 Å². The molecule has 0 aliphatic carbocycles. The fourth-order valence-corrected chi connectivity index (χ4v) is 5.04. The van der Waals surface area contributed by atoms with E-state index in [1.807, 2.05) is 0 Å². The normalized spacial score (nSPS) is 19.5. The highest BCUT2D eigenvalue weighted by atomic mass is 32.2. The Morgan fingerprint density at radius 3 is 2.63 bits per heavy atom. The summed E-state index contributed by atoms with van der Waals surface area (Å²) in [6.45, 7) is 5.47. The van der Waals surface area contributed by atoms with Crippen molar-refractivity contribution in [2.45, 2.75) is 36.4 Å². The van der Waals surface area contributed by atoms with Gasteiger partial charge >= 0.3 is 5.97 Å². The topological polar surface area (TPSA) is 63.6 Å². The van der Waals surface area contributed by atoms with E-state index in [1.165, 1.54) is 23.5 Å². The van der Waals surface area contributed by atoms with Crippen molar-refractivity contribution in [2.24, 2.45) is 0 Å². The number of allylic oxidation sites excluding steroid dienone is 1. The van der Waals surface area contributed by atoms with Crippen molar-refractivity contribution < 1.29 is 19.4 Å². The van der Waals surface area contributed by atoms with Crippen molar-refractivity contribution in [3.63, 3.8) is 0 Å². The van der Waals surface area contributed by atoms with E-state index < -0.39 is 16.2 Å². The van der Waals surface area contributed by atoms with Gasteiger partial charge in [-0.1, -0.05) is 6.08 Å². The molecule has 0 aromatic carbocycles. The molecule has 1 N–H and O–H groups in total. The Kier molecular flexibility index (Phi) is 6.96. The molecule has 1 saturated heterocycles. The molecule has 108 valence electrons. The van der Waals surface area contributed by atoms with E-state index in [4.69, 9.17) is 4.74 Å². The zero-order valence-electron chi connectivity index (χ0n) is 11.1. The molecule has 19 heavy (non-hydrogen) atoms. The van der Waals surface area contributed by atoms with Gasteiger partial charge in [0.25, 0.3) is 0 Å². The number of ether oxygens (including phenoxy) is 1. The summed E-state index contributed by atoms with van der Waals surface area (Å²) in [7, 11) is 0. The molecule has 1 aliphatic heterocycles. The molecule has 0 saturated carbocycles. The molecular weight excluding hydrogens is 284 g/mol. The standard InChI is InChI=1S/C13H20O4S2/c1-3-5-7-10(14)13(18-8-6-9-19-13)11(15)12(16)17-4-2/h3,11,15H,1,4-9H2,2H3. The Hall–Kier alpha value is -0.460. The Labute approximate surface area is 122 Å². The van der Waals surface area contributed by atoms with Gasteiger partial charge in [-0.2, -0.15) is 0 Å². The van der Waals surface area contributed by atoms with E-state index in [9.17, 15) is 14.7 Å². The van der Waals surface area contributed by atoms with Crippen LogP contribution in [0.15, 0.2) is 12.7 Å². The van der Waals surface area contributed by atoms with Crippen molar-refractivity contribution in [3.8, 4) is 0 Å². The number of rotatable bonds is 7. The van der Waals surface area contributed by atoms with Crippen LogP contribution in [0.4, 0.5) is 0 Å². The van der Waals surface area contributed by atoms with Crippen molar-refractivity contribution >= 4 is 35.3 Å². The van der Waals surface area contributed by atoms with Crippen molar-refractivity contribution in [1.29, 1.82) is 0 Å². The Balaban J connectivity index is 2.88. The number of aliphatic hydroxyl groups excluding tert-OH is 1. The molecule has 1 aliphatic rings. The molecule has 1 rings (SSSR count). The summed E-state index contributed by atoms with van der Waals surface area (Å²) in [6, 6.07) is 0. The average Bonchev–Trinajstić information content (AvgIpc) is 2.44. The first-order valence-electron chi connectivity index (χ1n) is 6.35. The average molecular weight is 304 g/mol. The SMILES string of the molecule is C=CCCC(=O)C1(C(O)C(=O)OCC)SCCCS1. The summed E-state index contributed by atoms with van der Waals surface area (Å²) in [6.07, 6.45) is 2.08. The lowest BCUT2D eigenvalue weighted by Gasteiger charge is -2.37. The van der Waals surface area contributed by atoms with Crippen LogP contribution in [0.1, 0.15) is 26.2 Å². The minimum atomic E-state index is -1.40. The zero-order chi connectivity index (χ0) is 14.3. The van der Waals surface area contributed by atoms with E-state index >= 15 is 0 Å². The summed E-state index contributed by atoms with van der Waals surface area (Å²) >= 11 is 2.72. The van der Waals surface area contributed by atoms with E-state index in [0.29, 0.717) is 12.8 Å². The molecule has 0 aromatic rings. The molecule has 6 heteroatoms. The second-order valence-corrected chi connectivity index (χ2v) is 7.06. The maximum Gasteiger partial charge on any atom is 0.337 e. The van der Waals surface area contributed by atoms with Crippen LogP contribution in [0, 0.1) is 0 Å². The number of hydrogen-bond donors (Lipinski definition) is 1. The van der Waals surface area contributed by atoms with E-state index in [0.717, 1.165) is 17.9 Å². The van der Waals surface area contributed by atoms with Gasteiger partial charge in [0.1, 0.15) is 0 Å². The molecule has 1 heterocycles. The van der Waals surface area contributed by atoms with Gasteiger partial charge < -0.3 is 9.84 Å². The highest BCUT2D eigenvalue weighted by Crippen LogP contribution is 2.46. The van der Waals surface area contributed by atoms with Crippen LogP contribution in [0.3, 0.4) is 0 Å². The third-order valence-electron chi connectivity index (χ3n) is 2.76. The number of esters is 1. The third kappa shape index (κ3) is 4.00. The first kappa shape index (κ1) is 16.6. The van der Waals surface area contributed by atoms with Gasteiger partial charge in [-0.25, -0.2) is 4.79 Å². The van der Waals surface area contributed by atoms with Crippen LogP contribution in [-0.4, -0.2) is 45.2 Å². The highest BCUT2D eigenvalue weighted by molar-refractivity contribution is 8.20. The molecule has 4 nitrogen and oxygen atoms in total. The zero-order valence-corrected chi connectivity index (χ0v) is 12.7. The second kappa shape index (κ2) is 7.97. The van der Waals surface area contributed by atoms with Crippen molar-refractivity contribution in [3.05, 3.63) is 12.7 Å². The van der Waals surface area contributed by atoms with Gasteiger partial charge in [-0.15, -0.1) is 30.1 Å². The van der Waals surface area contributed by atoms with Gasteiger partial charge in [0.2, 0.25) is 0 Å². The molecule has 1 fully saturated rings. The summed E-state index contributed by atoms with van der Waals surface area (Å²) < 4.78 is 3.74. The summed E-state index contributed by atoms with van der Waals surface area (Å²) in [4.78, 5) is 24.1. The third-order valence-corrected chi connectivity index (χ3v) is 6.21. The summed E-state index contributed by atoms with van der Waals surface area (Å²) in [5, 5.41) is 10.2. The minimum Gasteiger partial charge on any atom is -0.464 e. The minimum absolute atomic E-state index is 0.109. The maximum atomic E-state index is 12.4. The van der Waals surface area contributed by atoms with Crippen LogP contribution in [0.2, 0.25) is 0 Å². The molecule has 0 radical (unpaired) electrons. The van der Waals surface area contributed by atoms with E-state index in [-0.39, 0.29) is 12.4 Å². The number of ketones is 1. The fraction of sp³-hybridized carbons (Fsp3) is 0.692. The highest BCUT2D eigenvalue weighted by Gasteiger charge is 2.50. The Bertz CT molecular complexity index is 338. The largest absolute Gasteiger partial charge is 0.464 e. The number of aliphatic hydroxyl groups is 1. The van der Waals surface area contributed by atoms with Crippen LogP contribution in [0.25, 0.3) is 0 Å². The monoisotopic (exact) mass is 304 g/mol. The van der Waals surface area contributed by atoms with Gasteiger partial charge in [0.05, 0.1) is 6.61 Å². The van der Waals surface area contributed by atoms with Gasteiger partial charge in [0.15, 0.2) is 16.0 Å². The molecule has 0 amide bonds. The maximum absolute atomic E-state index is 12.4. The molecule has 0 aromatic heterocycles. The first-order chi connectivity index (χ1) is 9.08. The number of carbonyl (C=O) groups excluding carboxylic acids is 2. The lowest BCUT2D eigenvalue weighted by atomic mass is 10.1. The van der Waals surface area contributed by atoms with E-state index in [1.54, 1.807) is 13.0 Å². The van der Waals surface area contributed by atoms with Gasteiger partial charge in [-0.05, 0) is 31.3 Å². The quantitative estimate of drug-likeness (QED) is 0.573. The Morgan fingerprint density at radius 2 is 2.11 bits per heavy atom. The molecule has 0 spiro atoms. The Morgan fingerprint density at radius 1 is 1.47 bits per heavy atom. The molecule has 1 unspecified atom stereocenters. The number of carbonyl (C=O) groups is 2. The van der Waals surface area contributed by atoms with Crippen LogP contribution in [0.5, 0.6) is 0 Å². The lowest BCUT2D eigenvalue weighted by molar-refractivity contribution is -0.155. The predicted molar refractivity (Wildman–Crippen MR) is 79.3 cm³/mol. The smallest absolute Gasteiger partial charge is 0.337 e. The molecular formula is C13H20O4S2. The number of hydrogen-bond acceptors (Lipinski definition) is 6. The first-order valence-corrected chi connectivity index (χ1v) is 8.32. The van der Waals surface area contributed by atoms with Gasteiger partial charge in [-0.3, -0.25) is 4.79 Å². The van der Waals surface area contributed by atoms with E-state index in [2.05, 4.69) is 6.58 Å². The van der Waals surface area contributed by atoms with Crippen LogP contribution in [-0.2, 0) is 14.3 Å².